The molecular weight excluding hydrogens is 351 g/mol. The van der Waals surface area contributed by atoms with Crippen LogP contribution in [0.15, 0.2) is 41.1 Å². The van der Waals surface area contributed by atoms with Gasteiger partial charge in [-0.05, 0) is 45.8 Å². The first kappa shape index (κ1) is 14.3. The Balaban J connectivity index is 2.05. The molecule has 1 N–H and O–H groups in total. The lowest BCUT2D eigenvalue weighted by Crippen LogP contribution is -2.14. The number of carbonyl (C=O) groups is 1. The first-order valence-corrected chi connectivity index (χ1v) is 6.95. The largest absolute Gasteiger partial charge is 0.323 e. The smallest absolute Gasteiger partial charge is 0.228 e. The second kappa shape index (κ2) is 6.37. The molecule has 2 rings (SSSR count). The molecule has 0 spiro atoms. The van der Waals surface area contributed by atoms with Crippen molar-refractivity contribution >= 4 is 50.7 Å². The fourth-order valence-corrected chi connectivity index (χ4v) is 2.18. The number of amides is 1. The Morgan fingerprint density at radius 3 is 2.74 bits per heavy atom. The summed E-state index contributed by atoms with van der Waals surface area (Å²) >= 11 is 15.0. The van der Waals surface area contributed by atoms with Crippen molar-refractivity contribution in [1.29, 1.82) is 0 Å². The second-order valence-electron chi connectivity index (χ2n) is 3.82. The number of hydrogen-bond acceptors (Lipinski definition) is 2. The third-order valence-corrected chi connectivity index (χ3v) is 3.75. The predicted octanol–water partition coefficient (Wildman–Crippen LogP) is 4.33. The van der Waals surface area contributed by atoms with Crippen LogP contribution < -0.4 is 5.32 Å². The highest BCUT2D eigenvalue weighted by atomic mass is 79.9. The van der Waals surface area contributed by atoms with E-state index in [1.807, 2.05) is 0 Å². The topological polar surface area (TPSA) is 42.0 Å². The van der Waals surface area contributed by atoms with Crippen LogP contribution in [0.1, 0.15) is 5.56 Å². The van der Waals surface area contributed by atoms with E-state index in [2.05, 4.69) is 26.2 Å². The zero-order chi connectivity index (χ0) is 13.8. The molecular formula is C13H9BrCl2N2O. The highest BCUT2D eigenvalue weighted by molar-refractivity contribution is 9.10. The van der Waals surface area contributed by atoms with Crippen LogP contribution in [0.4, 0.5) is 5.69 Å². The quantitative estimate of drug-likeness (QED) is 0.828. The SMILES string of the molecule is O=C(Cc1ccc(Cl)c(Cl)c1)Nc1cccnc1Br. The Hall–Kier alpha value is -1.10. The van der Waals surface area contributed by atoms with Crippen LogP contribution in [-0.2, 0) is 11.2 Å². The molecule has 1 aromatic carbocycles. The van der Waals surface area contributed by atoms with E-state index in [1.165, 1.54) is 0 Å². The second-order valence-corrected chi connectivity index (χ2v) is 5.38. The number of aromatic nitrogens is 1. The molecule has 1 aromatic heterocycles. The van der Waals surface area contributed by atoms with Crippen LogP contribution >= 0.6 is 39.1 Å². The van der Waals surface area contributed by atoms with Gasteiger partial charge in [0.15, 0.2) is 0 Å². The monoisotopic (exact) mass is 358 g/mol. The van der Waals surface area contributed by atoms with Crippen molar-refractivity contribution in [2.45, 2.75) is 6.42 Å². The summed E-state index contributed by atoms with van der Waals surface area (Å²) in [7, 11) is 0. The molecule has 0 fully saturated rings. The van der Waals surface area contributed by atoms with Gasteiger partial charge in [0.2, 0.25) is 5.91 Å². The van der Waals surface area contributed by atoms with Crippen molar-refractivity contribution in [1.82, 2.24) is 4.98 Å². The number of nitrogens with zero attached hydrogens (tertiary/aromatic N) is 1. The molecule has 0 aliphatic heterocycles. The molecule has 6 heteroatoms. The van der Waals surface area contributed by atoms with Crippen molar-refractivity contribution in [3.8, 4) is 0 Å². The van der Waals surface area contributed by atoms with Crippen molar-refractivity contribution in [2.75, 3.05) is 5.32 Å². The Labute approximate surface area is 129 Å². The normalized spacial score (nSPS) is 10.3. The minimum Gasteiger partial charge on any atom is -0.323 e. The van der Waals surface area contributed by atoms with E-state index in [4.69, 9.17) is 23.2 Å². The van der Waals surface area contributed by atoms with Crippen LogP contribution in [0.25, 0.3) is 0 Å². The summed E-state index contributed by atoms with van der Waals surface area (Å²) in [6, 6.07) is 8.64. The molecule has 0 unspecified atom stereocenters. The van der Waals surface area contributed by atoms with Crippen molar-refractivity contribution < 1.29 is 4.79 Å². The van der Waals surface area contributed by atoms with E-state index in [-0.39, 0.29) is 12.3 Å². The number of nitrogens with one attached hydrogen (secondary N) is 1. The third-order valence-electron chi connectivity index (χ3n) is 2.38. The molecule has 0 aliphatic carbocycles. The van der Waals surface area contributed by atoms with Gasteiger partial charge >= 0.3 is 0 Å². The number of anilines is 1. The Morgan fingerprint density at radius 1 is 1.26 bits per heavy atom. The number of pyridine rings is 1. The maximum absolute atomic E-state index is 11.9. The van der Waals surface area contributed by atoms with Crippen LogP contribution in [0, 0.1) is 0 Å². The Bertz CT molecular complexity index is 619. The summed E-state index contributed by atoms with van der Waals surface area (Å²) in [6.45, 7) is 0. The van der Waals surface area contributed by atoms with E-state index in [0.717, 1.165) is 5.56 Å². The van der Waals surface area contributed by atoms with Gasteiger partial charge in [-0.3, -0.25) is 4.79 Å². The summed E-state index contributed by atoms with van der Waals surface area (Å²) in [5.41, 5.74) is 1.43. The van der Waals surface area contributed by atoms with Crippen LogP contribution in [-0.4, -0.2) is 10.9 Å². The number of rotatable bonds is 3. The molecule has 2 aromatic rings. The van der Waals surface area contributed by atoms with Crippen LogP contribution in [0.5, 0.6) is 0 Å². The third kappa shape index (κ3) is 3.93. The van der Waals surface area contributed by atoms with Gasteiger partial charge in [0.1, 0.15) is 4.60 Å². The average Bonchev–Trinajstić information content (AvgIpc) is 2.37. The van der Waals surface area contributed by atoms with Gasteiger partial charge in [-0.15, -0.1) is 0 Å². The zero-order valence-corrected chi connectivity index (χ0v) is 12.8. The fraction of sp³-hybridized carbons (Fsp3) is 0.0769. The van der Waals surface area contributed by atoms with E-state index >= 15 is 0 Å². The molecule has 1 amide bonds. The Morgan fingerprint density at radius 2 is 2.05 bits per heavy atom. The fourth-order valence-electron chi connectivity index (χ4n) is 1.51. The van der Waals surface area contributed by atoms with E-state index in [1.54, 1.807) is 36.5 Å². The number of halogens is 3. The first-order valence-electron chi connectivity index (χ1n) is 5.40. The number of carbonyl (C=O) groups excluding carboxylic acids is 1. The first-order chi connectivity index (χ1) is 9.06. The highest BCUT2D eigenvalue weighted by Gasteiger charge is 2.08. The molecule has 0 aliphatic rings. The van der Waals surface area contributed by atoms with E-state index in [9.17, 15) is 4.79 Å². The summed E-state index contributed by atoms with van der Waals surface area (Å²) in [4.78, 5) is 15.9. The minimum atomic E-state index is -0.146. The lowest BCUT2D eigenvalue weighted by Gasteiger charge is -2.07. The summed E-state index contributed by atoms with van der Waals surface area (Å²) in [5.74, 6) is -0.146. The van der Waals surface area contributed by atoms with Crippen molar-refractivity contribution in [3.05, 3.63) is 56.7 Å². The summed E-state index contributed by atoms with van der Waals surface area (Å²) in [6.07, 6.45) is 1.86. The minimum absolute atomic E-state index is 0.146. The van der Waals surface area contributed by atoms with Gasteiger partial charge in [-0.25, -0.2) is 4.98 Å². The molecule has 98 valence electrons. The van der Waals surface area contributed by atoms with Crippen molar-refractivity contribution in [2.24, 2.45) is 0 Å². The standard InChI is InChI=1S/C13H9BrCl2N2O/c14-13-11(2-1-5-17-13)18-12(19)7-8-3-4-9(15)10(16)6-8/h1-6H,7H2,(H,18,19). The average molecular weight is 360 g/mol. The summed E-state index contributed by atoms with van der Waals surface area (Å²) < 4.78 is 0.595. The zero-order valence-electron chi connectivity index (χ0n) is 9.66. The van der Waals surface area contributed by atoms with Gasteiger partial charge in [0.25, 0.3) is 0 Å². The summed E-state index contributed by atoms with van der Waals surface area (Å²) in [5, 5.41) is 3.68. The van der Waals surface area contributed by atoms with Gasteiger partial charge in [0, 0.05) is 6.20 Å². The molecule has 19 heavy (non-hydrogen) atoms. The Kier molecular flexibility index (Phi) is 4.80. The lowest BCUT2D eigenvalue weighted by molar-refractivity contribution is -0.115. The lowest BCUT2D eigenvalue weighted by atomic mass is 10.1. The van der Waals surface area contributed by atoms with E-state index in [0.29, 0.717) is 20.3 Å². The number of hydrogen-bond donors (Lipinski definition) is 1. The molecule has 1 heterocycles. The predicted molar refractivity (Wildman–Crippen MR) is 80.7 cm³/mol. The molecule has 0 saturated carbocycles. The molecule has 0 atom stereocenters. The van der Waals surface area contributed by atoms with Gasteiger partial charge in [0.05, 0.1) is 22.2 Å². The van der Waals surface area contributed by atoms with Gasteiger partial charge in [-0.1, -0.05) is 29.3 Å². The van der Waals surface area contributed by atoms with Gasteiger partial charge < -0.3 is 5.32 Å². The highest BCUT2D eigenvalue weighted by Crippen LogP contribution is 2.23. The number of benzene rings is 1. The van der Waals surface area contributed by atoms with E-state index < -0.39 is 0 Å². The molecule has 0 radical (unpaired) electrons. The van der Waals surface area contributed by atoms with Crippen LogP contribution in [0.2, 0.25) is 10.0 Å². The molecule has 3 nitrogen and oxygen atoms in total. The maximum atomic E-state index is 11.9. The maximum Gasteiger partial charge on any atom is 0.228 e. The van der Waals surface area contributed by atoms with Crippen molar-refractivity contribution in [3.63, 3.8) is 0 Å². The van der Waals surface area contributed by atoms with Crippen LogP contribution in [0.3, 0.4) is 0 Å². The van der Waals surface area contributed by atoms with Gasteiger partial charge in [-0.2, -0.15) is 0 Å². The molecule has 0 bridgehead atoms. The molecule has 0 saturated heterocycles.